The first kappa shape index (κ1) is 35.0. The minimum Gasteiger partial charge on any atom is -0.497 e. The normalized spacial score (nSPS) is 15.2. The number of amides is 4. The van der Waals surface area contributed by atoms with Crippen LogP contribution in [0.5, 0.6) is 5.75 Å². The van der Waals surface area contributed by atoms with Crippen molar-refractivity contribution in [1.82, 2.24) is 19.6 Å². The summed E-state index contributed by atoms with van der Waals surface area (Å²) < 4.78 is 47.3. The van der Waals surface area contributed by atoms with E-state index in [2.05, 4.69) is 4.99 Å². The Morgan fingerprint density at radius 2 is 1.51 bits per heavy atom. The molecule has 0 bridgehead atoms. The molecule has 14 heteroatoms. The number of halogens is 2. The van der Waals surface area contributed by atoms with Gasteiger partial charge in [-0.25, -0.2) is 28.1 Å². The van der Waals surface area contributed by atoms with E-state index in [1.54, 1.807) is 53.7 Å². The first-order valence-electron chi connectivity index (χ1n) is 14.1. The monoisotopic (exact) mass is 633 g/mol. The highest BCUT2D eigenvalue weighted by molar-refractivity contribution is 5.99. The molecular weight excluding hydrogens is 592 g/mol. The van der Waals surface area contributed by atoms with Gasteiger partial charge in [0.15, 0.2) is 0 Å². The summed E-state index contributed by atoms with van der Waals surface area (Å²) in [6, 6.07) is 7.79. The molecule has 3 rings (SSSR count). The van der Waals surface area contributed by atoms with Gasteiger partial charge in [-0.2, -0.15) is 0 Å². The van der Waals surface area contributed by atoms with Gasteiger partial charge < -0.3 is 34.0 Å². The second-order valence-electron chi connectivity index (χ2n) is 12.6. The summed E-state index contributed by atoms with van der Waals surface area (Å²) in [5.74, 6) is -1.94. The second-order valence-corrected chi connectivity index (χ2v) is 12.6. The van der Waals surface area contributed by atoms with Crippen molar-refractivity contribution >= 4 is 24.2 Å². The molecular formula is C31H41F2N5O7. The Hall–Kier alpha value is -4.46. The van der Waals surface area contributed by atoms with E-state index >= 15 is 8.78 Å². The number of ether oxygens (including phenoxy) is 3. The van der Waals surface area contributed by atoms with Crippen LogP contribution in [0.3, 0.4) is 0 Å². The van der Waals surface area contributed by atoms with Gasteiger partial charge in [-0.1, -0.05) is 18.2 Å². The summed E-state index contributed by atoms with van der Waals surface area (Å²) >= 11 is 0. The minimum absolute atomic E-state index is 0.0998. The van der Waals surface area contributed by atoms with Crippen LogP contribution in [0.1, 0.15) is 64.3 Å². The van der Waals surface area contributed by atoms with E-state index in [4.69, 9.17) is 14.2 Å². The van der Waals surface area contributed by atoms with Crippen LogP contribution in [0.4, 0.5) is 23.2 Å². The number of urea groups is 1. The third kappa shape index (κ3) is 9.03. The minimum atomic E-state index is -1.70. The first-order chi connectivity index (χ1) is 20.8. The Bertz CT molecular complexity index is 1420. The molecule has 1 saturated heterocycles. The van der Waals surface area contributed by atoms with Gasteiger partial charge in [-0.15, -0.1) is 4.99 Å². The number of benzene rings is 2. The molecule has 0 spiro atoms. The van der Waals surface area contributed by atoms with Crippen LogP contribution in [0.2, 0.25) is 0 Å². The average molecular weight is 634 g/mol. The molecule has 45 heavy (non-hydrogen) atoms. The Morgan fingerprint density at radius 1 is 0.956 bits per heavy atom. The molecule has 1 aliphatic heterocycles. The molecule has 246 valence electrons. The molecule has 0 saturated carbocycles. The Kier molecular flexibility index (Phi) is 10.6. The van der Waals surface area contributed by atoms with Crippen LogP contribution in [0.25, 0.3) is 0 Å². The van der Waals surface area contributed by atoms with Crippen molar-refractivity contribution in [2.24, 2.45) is 4.99 Å². The van der Waals surface area contributed by atoms with Gasteiger partial charge in [0, 0.05) is 19.7 Å². The Balaban J connectivity index is 2.15. The zero-order valence-electron chi connectivity index (χ0n) is 27.1. The smallest absolute Gasteiger partial charge is 0.437 e. The van der Waals surface area contributed by atoms with E-state index < -0.39 is 53.2 Å². The fourth-order valence-corrected chi connectivity index (χ4v) is 4.41. The zero-order valence-corrected chi connectivity index (χ0v) is 27.1. The summed E-state index contributed by atoms with van der Waals surface area (Å²) in [6.07, 6.45) is -3.76. The van der Waals surface area contributed by atoms with Crippen molar-refractivity contribution in [3.05, 3.63) is 64.7 Å². The lowest BCUT2D eigenvalue weighted by Gasteiger charge is -2.42. The predicted molar refractivity (Wildman–Crippen MR) is 161 cm³/mol. The highest BCUT2D eigenvalue weighted by Gasteiger charge is 2.36. The number of aliphatic hydroxyl groups excluding tert-OH is 1. The van der Waals surface area contributed by atoms with Crippen LogP contribution < -0.4 is 4.74 Å². The van der Waals surface area contributed by atoms with Gasteiger partial charge in [0.2, 0.25) is 5.96 Å². The van der Waals surface area contributed by atoms with Gasteiger partial charge in [0.05, 0.1) is 32.6 Å². The SMILES string of the molecule is COc1ccc(C(O)c2c(F)ccc(CN(C(=O)OC(C)(C)C)/C(=N/C(=O)OC(C)(C)C)N3CN(C)C(=O)N(C)C3)c2F)cc1. The van der Waals surface area contributed by atoms with E-state index in [-0.39, 0.29) is 36.5 Å². The zero-order chi connectivity index (χ0) is 33.9. The van der Waals surface area contributed by atoms with Crippen LogP contribution in [0.15, 0.2) is 41.4 Å². The molecule has 1 atom stereocenters. The lowest BCUT2D eigenvalue weighted by Crippen LogP contribution is -2.60. The number of carbonyl (C=O) groups is 3. The van der Waals surface area contributed by atoms with Gasteiger partial charge in [-0.3, -0.25) is 0 Å². The van der Waals surface area contributed by atoms with Gasteiger partial charge in [-0.05, 0) is 65.3 Å². The summed E-state index contributed by atoms with van der Waals surface area (Å²) in [6.45, 7) is 8.98. The van der Waals surface area contributed by atoms with Gasteiger partial charge >= 0.3 is 18.2 Å². The highest BCUT2D eigenvalue weighted by Crippen LogP contribution is 2.31. The number of hydrogen-bond donors (Lipinski definition) is 1. The van der Waals surface area contributed by atoms with Crippen LogP contribution in [-0.2, 0) is 16.0 Å². The largest absolute Gasteiger partial charge is 0.497 e. The lowest BCUT2D eigenvalue weighted by atomic mass is 9.98. The summed E-state index contributed by atoms with van der Waals surface area (Å²) in [7, 11) is 4.49. The van der Waals surface area contributed by atoms with Crippen molar-refractivity contribution in [3.63, 3.8) is 0 Å². The van der Waals surface area contributed by atoms with E-state index in [1.807, 2.05) is 0 Å². The number of rotatable bonds is 5. The van der Waals surface area contributed by atoms with E-state index in [9.17, 15) is 19.5 Å². The predicted octanol–water partition coefficient (Wildman–Crippen LogP) is 5.30. The maximum atomic E-state index is 16.1. The molecule has 1 heterocycles. The Morgan fingerprint density at radius 3 is 2.02 bits per heavy atom. The third-order valence-corrected chi connectivity index (χ3v) is 6.38. The van der Waals surface area contributed by atoms with Crippen LogP contribution in [0, 0.1) is 11.6 Å². The molecule has 0 aromatic heterocycles. The highest BCUT2D eigenvalue weighted by atomic mass is 19.1. The Labute approximate surface area is 261 Å². The van der Waals surface area contributed by atoms with E-state index in [1.165, 1.54) is 48.0 Å². The summed E-state index contributed by atoms with van der Waals surface area (Å²) in [5.41, 5.74) is -2.61. The summed E-state index contributed by atoms with van der Waals surface area (Å²) in [4.78, 5) is 48.3. The summed E-state index contributed by atoms with van der Waals surface area (Å²) in [5, 5.41) is 11.0. The van der Waals surface area contributed by atoms with Crippen LogP contribution >= 0.6 is 0 Å². The number of aliphatic hydroxyl groups is 1. The fraction of sp³-hybridized carbons (Fsp3) is 0.484. The molecule has 1 aliphatic rings. The van der Waals surface area contributed by atoms with Crippen molar-refractivity contribution in [1.29, 1.82) is 0 Å². The molecule has 2 aromatic rings. The quantitative estimate of drug-likeness (QED) is 0.348. The van der Waals surface area contributed by atoms with Gasteiger partial charge in [0.25, 0.3) is 0 Å². The average Bonchev–Trinajstić information content (AvgIpc) is 2.92. The molecule has 0 aliphatic carbocycles. The molecule has 1 N–H and O–H groups in total. The molecule has 1 fully saturated rings. The standard InChI is InChI=1S/C31H41F2N5O7/c1-30(2,3)44-27(40)34-26(37-17-35(7)28(41)36(8)18-37)38(29(42)45-31(4,5)6)16-20-12-15-22(32)23(24(20)33)25(39)19-10-13-21(43-9)14-11-19/h10-15,25,39H,16-18H2,1-9H3/b34-26+. The van der Waals surface area contributed by atoms with Crippen molar-refractivity contribution < 1.29 is 42.5 Å². The van der Waals surface area contributed by atoms with E-state index in [0.717, 1.165) is 17.0 Å². The number of aliphatic imine (C=N–C) groups is 1. The van der Waals surface area contributed by atoms with Crippen LogP contribution in [-0.4, -0.2) is 94.6 Å². The molecule has 0 radical (unpaired) electrons. The molecule has 12 nitrogen and oxygen atoms in total. The topological polar surface area (TPSA) is 124 Å². The maximum absolute atomic E-state index is 16.1. The molecule has 4 amide bonds. The lowest BCUT2D eigenvalue weighted by molar-refractivity contribution is 0.0299. The third-order valence-electron chi connectivity index (χ3n) is 6.38. The second kappa shape index (κ2) is 13.7. The molecule has 1 unspecified atom stereocenters. The molecule has 2 aromatic carbocycles. The van der Waals surface area contributed by atoms with Crippen molar-refractivity contribution in [2.45, 2.75) is 65.4 Å². The fourth-order valence-electron chi connectivity index (χ4n) is 4.41. The number of hydrogen-bond acceptors (Lipinski definition) is 7. The van der Waals surface area contributed by atoms with Crippen molar-refractivity contribution in [3.8, 4) is 5.75 Å². The number of carbonyl (C=O) groups excluding carboxylic acids is 3. The number of nitrogens with zero attached hydrogens (tertiary/aromatic N) is 5. The van der Waals surface area contributed by atoms with E-state index in [0.29, 0.717) is 5.75 Å². The number of methoxy groups -OCH3 is 1. The first-order valence-corrected chi connectivity index (χ1v) is 14.1. The van der Waals surface area contributed by atoms with Gasteiger partial charge in [0.1, 0.15) is 34.7 Å². The number of guanidine groups is 1. The maximum Gasteiger partial charge on any atom is 0.437 e. The van der Waals surface area contributed by atoms with Crippen molar-refractivity contribution in [2.75, 3.05) is 34.5 Å².